The number of nitrogens with one attached hydrogen (secondary N) is 2. The highest BCUT2D eigenvalue weighted by Crippen LogP contribution is 2.23. The Morgan fingerprint density at radius 2 is 1.63 bits per heavy atom. The third-order valence-electron chi connectivity index (χ3n) is 5.62. The minimum Gasteiger partial charge on any atom is -0.455 e. The van der Waals surface area contributed by atoms with Crippen LogP contribution in [0, 0.1) is 6.92 Å². The van der Waals surface area contributed by atoms with Gasteiger partial charge >= 0.3 is 5.97 Å². The molecule has 9 nitrogen and oxygen atoms in total. The Morgan fingerprint density at radius 3 is 2.29 bits per heavy atom. The van der Waals surface area contributed by atoms with E-state index in [1.807, 2.05) is 0 Å². The summed E-state index contributed by atoms with van der Waals surface area (Å²) in [5.41, 5.74) is 1.84. The Kier molecular flexibility index (Phi) is 9.62. The highest BCUT2D eigenvalue weighted by molar-refractivity contribution is 7.89. The summed E-state index contributed by atoms with van der Waals surface area (Å²) in [5, 5.41) is 5.65. The number of halogens is 1. The van der Waals surface area contributed by atoms with E-state index in [1.54, 1.807) is 67.6 Å². The summed E-state index contributed by atoms with van der Waals surface area (Å²) in [5.74, 6) is -1.82. The van der Waals surface area contributed by atoms with E-state index in [0.29, 0.717) is 11.1 Å². The number of ether oxygens (including phenoxy) is 1. The maximum Gasteiger partial charge on any atom is 0.308 e. The summed E-state index contributed by atoms with van der Waals surface area (Å²) in [6.07, 6.45) is -0.233. The molecule has 3 aromatic rings. The molecule has 0 aromatic heterocycles. The minimum atomic E-state index is -3.70. The Morgan fingerprint density at radius 1 is 0.974 bits per heavy atom. The Hall–Kier alpha value is -3.73. The average Bonchev–Trinajstić information content (AvgIpc) is 2.89. The van der Waals surface area contributed by atoms with Crippen LogP contribution in [0.25, 0.3) is 0 Å². The van der Waals surface area contributed by atoms with Crippen LogP contribution in [0.2, 0.25) is 5.02 Å². The summed E-state index contributed by atoms with van der Waals surface area (Å²) in [7, 11) is -0.878. The SMILES string of the molecule is Cc1ccc(S(=O)(=O)N(C)C)cc1NC(=O)COC(=O)CC(NC(=O)c1ccccc1Cl)c1ccccc1. The van der Waals surface area contributed by atoms with Gasteiger partial charge in [-0.15, -0.1) is 0 Å². The maximum absolute atomic E-state index is 12.8. The normalized spacial score (nSPS) is 12.0. The van der Waals surface area contributed by atoms with Crippen molar-refractivity contribution in [3.63, 3.8) is 0 Å². The van der Waals surface area contributed by atoms with E-state index in [1.165, 1.54) is 26.2 Å². The molecule has 1 atom stereocenters. The number of sulfonamides is 1. The van der Waals surface area contributed by atoms with E-state index < -0.39 is 40.5 Å². The first-order valence-corrected chi connectivity index (χ1v) is 13.4. The molecular weight excluding hydrogens is 530 g/mol. The van der Waals surface area contributed by atoms with Crippen molar-refractivity contribution in [3.05, 3.63) is 94.5 Å². The van der Waals surface area contributed by atoms with Crippen LogP contribution in [0.5, 0.6) is 0 Å². The molecule has 200 valence electrons. The largest absolute Gasteiger partial charge is 0.455 e. The van der Waals surface area contributed by atoms with Crippen LogP contribution in [-0.2, 0) is 24.3 Å². The number of rotatable bonds is 10. The van der Waals surface area contributed by atoms with Crippen LogP contribution in [0.4, 0.5) is 5.69 Å². The first-order chi connectivity index (χ1) is 18.0. The fraction of sp³-hybridized carbons (Fsp3) is 0.222. The lowest BCUT2D eigenvalue weighted by Crippen LogP contribution is -2.31. The van der Waals surface area contributed by atoms with Crippen LogP contribution in [0.3, 0.4) is 0 Å². The van der Waals surface area contributed by atoms with Gasteiger partial charge in [-0.2, -0.15) is 0 Å². The number of carbonyl (C=O) groups is 3. The molecule has 0 aliphatic heterocycles. The molecule has 2 N–H and O–H groups in total. The van der Waals surface area contributed by atoms with Gasteiger partial charge in [-0.1, -0.05) is 60.1 Å². The van der Waals surface area contributed by atoms with E-state index in [9.17, 15) is 22.8 Å². The van der Waals surface area contributed by atoms with Gasteiger partial charge in [0, 0.05) is 19.8 Å². The molecule has 0 saturated heterocycles. The average molecular weight is 558 g/mol. The number of carbonyl (C=O) groups excluding carboxylic acids is 3. The van der Waals surface area contributed by atoms with Gasteiger partial charge in [0.05, 0.1) is 27.9 Å². The van der Waals surface area contributed by atoms with E-state index >= 15 is 0 Å². The molecule has 0 saturated carbocycles. The summed E-state index contributed by atoms with van der Waals surface area (Å²) in [4.78, 5) is 37.9. The molecule has 1 unspecified atom stereocenters. The van der Waals surface area contributed by atoms with Crippen LogP contribution in [0.15, 0.2) is 77.7 Å². The molecule has 0 fully saturated rings. The molecule has 0 heterocycles. The van der Waals surface area contributed by atoms with E-state index in [0.717, 1.165) is 4.31 Å². The molecule has 2 amide bonds. The molecule has 38 heavy (non-hydrogen) atoms. The van der Waals surface area contributed by atoms with Crippen molar-refractivity contribution in [3.8, 4) is 0 Å². The van der Waals surface area contributed by atoms with Crippen LogP contribution in [-0.4, -0.2) is 51.2 Å². The molecule has 0 bridgehead atoms. The van der Waals surface area contributed by atoms with Crippen molar-refractivity contribution in [2.24, 2.45) is 0 Å². The molecule has 0 aliphatic carbocycles. The Labute approximate surface area is 226 Å². The number of benzene rings is 3. The zero-order chi connectivity index (χ0) is 27.9. The molecule has 11 heteroatoms. The van der Waals surface area contributed by atoms with Gasteiger partial charge in [-0.05, 0) is 42.3 Å². The lowest BCUT2D eigenvalue weighted by atomic mass is 10.0. The van der Waals surface area contributed by atoms with Crippen molar-refractivity contribution in [2.45, 2.75) is 24.3 Å². The summed E-state index contributed by atoms with van der Waals surface area (Å²) >= 11 is 6.13. The first-order valence-electron chi connectivity index (χ1n) is 11.6. The first kappa shape index (κ1) is 28.8. The van der Waals surface area contributed by atoms with E-state index in [4.69, 9.17) is 16.3 Å². The minimum absolute atomic E-state index is 0.0142. The zero-order valence-electron chi connectivity index (χ0n) is 21.1. The zero-order valence-corrected chi connectivity index (χ0v) is 22.7. The van der Waals surface area contributed by atoms with E-state index in [-0.39, 0.29) is 27.6 Å². The Balaban J connectivity index is 1.65. The summed E-state index contributed by atoms with van der Waals surface area (Å²) in [6, 6.07) is 19.1. The van der Waals surface area contributed by atoms with Crippen LogP contribution >= 0.6 is 11.6 Å². The van der Waals surface area contributed by atoms with Gasteiger partial charge in [0.1, 0.15) is 0 Å². The second kappa shape index (κ2) is 12.7. The lowest BCUT2D eigenvalue weighted by Gasteiger charge is -2.19. The monoisotopic (exact) mass is 557 g/mol. The van der Waals surface area contributed by atoms with Gasteiger partial charge in [0.2, 0.25) is 10.0 Å². The second-order valence-corrected chi connectivity index (χ2v) is 11.2. The van der Waals surface area contributed by atoms with Gasteiger partial charge in [0.15, 0.2) is 6.61 Å². The molecule has 0 spiro atoms. The van der Waals surface area contributed by atoms with Gasteiger partial charge in [-0.3, -0.25) is 14.4 Å². The number of amides is 2. The van der Waals surface area contributed by atoms with E-state index in [2.05, 4.69) is 10.6 Å². The van der Waals surface area contributed by atoms with Crippen LogP contribution < -0.4 is 10.6 Å². The predicted octanol–water partition coefficient (Wildman–Crippen LogP) is 3.94. The van der Waals surface area contributed by atoms with Gasteiger partial charge in [0.25, 0.3) is 11.8 Å². The quantitative estimate of drug-likeness (QED) is 0.364. The van der Waals surface area contributed by atoms with Crippen molar-refractivity contribution >= 4 is 45.1 Å². The Bertz CT molecular complexity index is 1430. The van der Waals surface area contributed by atoms with Crippen molar-refractivity contribution in [1.82, 2.24) is 9.62 Å². The smallest absolute Gasteiger partial charge is 0.308 e. The van der Waals surface area contributed by atoms with Crippen molar-refractivity contribution in [2.75, 3.05) is 26.0 Å². The number of esters is 1. The standard InChI is InChI=1S/C27H28ClN3O6S/c1-18-13-14-20(38(35,36)31(2)3)15-23(18)29-25(32)17-37-26(33)16-24(19-9-5-4-6-10-19)30-27(34)21-11-7-8-12-22(21)28/h4-15,24H,16-17H2,1-3H3,(H,29,32)(H,30,34). The third kappa shape index (κ3) is 7.41. The maximum atomic E-state index is 12.8. The lowest BCUT2D eigenvalue weighted by molar-refractivity contribution is -0.147. The summed E-state index contributed by atoms with van der Waals surface area (Å²) < 4.78 is 31.0. The fourth-order valence-corrected chi connectivity index (χ4v) is 4.63. The number of nitrogens with zero attached hydrogens (tertiary/aromatic N) is 1. The molecule has 0 radical (unpaired) electrons. The van der Waals surface area contributed by atoms with Crippen molar-refractivity contribution in [1.29, 1.82) is 0 Å². The van der Waals surface area contributed by atoms with Crippen molar-refractivity contribution < 1.29 is 27.5 Å². The molecule has 3 aromatic carbocycles. The second-order valence-electron chi connectivity index (χ2n) is 8.59. The molecular formula is C27H28ClN3O6S. The summed E-state index contributed by atoms with van der Waals surface area (Å²) in [6.45, 7) is 1.11. The third-order valence-corrected chi connectivity index (χ3v) is 7.76. The number of anilines is 1. The highest BCUT2D eigenvalue weighted by Gasteiger charge is 2.22. The number of aryl methyl sites for hydroxylation is 1. The number of hydrogen-bond acceptors (Lipinski definition) is 6. The van der Waals surface area contributed by atoms with Crippen LogP contribution in [0.1, 0.15) is 33.9 Å². The van der Waals surface area contributed by atoms with Gasteiger partial charge < -0.3 is 15.4 Å². The topological polar surface area (TPSA) is 122 Å². The predicted molar refractivity (Wildman–Crippen MR) is 144 cm³/mol. The van der Waals surface area contributed by atoms with Gasteiger partial charge in [-0.25, -0.2) is 12.7 Å². The molecule has 0 aliphatic rings. The highest BCUT2D eigenvalue weighted by atomic mass is 35.5. The molecule has 3 rings (SSSR count). The fourth-order valence-electron chi connectivity index (χ4n) is 3.48. The number of hydrogen-bond donors (Lipinski definition) is 2.